The van der Waals surface area contributed by atoms with Crippen LogP contribution in [0.15, 0.2) is 35.1 Å². The van der Waals surface area contributed by atoms with Crippen molar-refractivity contribution in [3.8, 4) is 17.1 Å². The summed E-state index contributed by atoms with van der Waals surface area (Å²) < 4.78 is 45.7. The Morgan fingerprint density at radius 2 is 1.56 bits per heavy atom. The maximum absolute atomic E-state index is 12.8. The average molecular weight is 399 g/mol. The second-order valence-electron chi connectivity index (χ2n) is 5.86. The van der Waals surface area contributed by atoms with Gasteiger partial charge in [-0.25, -0.2) is 4.79 Å². The molecule has 0 amide bonds. The first-order valence-electron chi connectivity index (χ1n) is 7.71. The van der Waals surface area contributed by atoms with Crippen LogP contribution in [-0.2, 0) is 6.18 Å². The van der Waals surface area contributed by atoms with Crippen LogP contribution in [0, 0.1) is 13.8 Å². The largest absolute Gasteiger partial charge is 0.496 e. The van der Waals surface area contributed by atoms with E-state index in [-0.39, 0.29) is 5.69 Å². The highest BCUT2D eigenvalue weighted by Gasteiger charge is 2.33. The molecular weight excluding hydrogens is 385 g/mol. The molecule has 0 unspecified atom stereocenters. The Morgan fingerprint density at radius 3 is 2.04 bits per heavy atom. The lowest BCUT2D eigenvalue weighted by molar-refractivity contribution is -0.137. The number of nitrogens with zero attached hydrogens (tertiary/aromatic N) is 4. The summed E-state index contributed by atoms with van der Waals surface area (Å²) in [6.07, 6.45) is -4.59. The molecule has 0 spiro atoms. The van der Waals surface area contributed by atoms with E-state index in [4.69, 9.17) is 16.3 Å². The van der Waals surface area contributed by atoms with Crippen LogP contribution >= 0.6 is 11.6 Å². The zero-order valence-electron chi connectivity index (χ0n) is 14.5. The van der Waals surface area contributed by atoms with Crippen LogP contribution in [0.5, 0.6) is 5.75 Å². The molecule has 0 aliphatic rings. The van der Waals surface area contributed by atoms with E-state index in [2.05, 4.69) is 10.4 Å². The van der Waals surface area contributed by atoms with E-state index in [0.717, 1.165) is 38.7 Å². The predicted octanol–water partition coefficient (Wildman–Crippen LogP) is 3.72. The maximum atomic E-state index is 12.8. The SMILES string of the molecule is COc1c(C)cc(-n2nnn(-c3ccc(C(F)(F)F)c(Cl)c3)c2=O)cc1C. The number of halogens is 4. The van der Waals surface area contributed by atoms with Gasteiger partial charge in [0.1, 0.15) is 5.75 Å². The molecule has 0 radical (unpaired) electrons. The van der Waals surface area contributed by atoms with Crippen molar-refractivity contribution in [1.29, 1.82) is 0 Å². The van der Waals surface area contributed by atoms with Gasteiger partial charge >= 0.3 is 11.9 Å². The first-order valence-corrected chi connectivity index (χ1v) is 8.09. The Balaban J connectivity index is 2.07. The molecule has 0 N–H and O–H groups in total. The van der Waals surface area contributed by atoms with Crippen molar-refractivity contribution in [3.63, 3.8) is 0 Å². The highest BCUT2D eigenvalue weighted by atomic mass is 35.5. The minimum absolute atomic E-state index is 0.0752. The molecule has 27 heavy (non-hydrogen) atoms. The van der Waals surface area contributed by atoms with E-state index in [1.807, 2.05) is 13.8 Å². The smallest absolute Gasteiger partial charge is 0.417 e. The molecule has 3 rings (SSSR count). The Hall–Kier alpha value is -2.81. The molecule has 142 valence electrons. The number of tetrazole rings is 1. The van der Waals surface area contributed by atoms with E-state index in [1.54, 1.807) is 19.2 Å². The monoisotopic (exact) mass is 398 g/mol. The molecule has 0 bridgehead atoms. The number of ether oxygens (including phenoxy) is 1. The van der Waals surface area contributed by atoms with Crippen LogP contribution in [0.2, 0.25) is 5.02 Å². The fourth-order valence-electron chi connectivity index (χ4n) is 2.81. The summed E-state index contributed by atoms with van der Waals surface area (Å²) in [5, 5.41) is 7.03. The number of aryl methyl sites for hydroxylation is 2. The van der Waals surface area contributed by atoms with Crippen molar-refractivity contribution in [2.24, 2.45) is 0 Å². The molecule has 0 fully saturated rings. The number of rotatable bonds is 3. The zero-order valence-corrected chi connectivity index (χ0v) is 15.3. The summed E-state index contributed by atoms with van der Waals surface area (Å²) in [5.74, 6) is 0.689. The highest BCUT2D eigenvalue weighted by Crippen LogP contribution is 2.35. The number of hydrogen-bond donors (Lipinski definition) is 0. The van der Waals surface area contributed by atoms with Crippen LogP contribution in [0.1, 0.15) is 16.7 Å². The van der Waals surface area contributed by atoms with Gasteiger partial charge in [0.25, 0.3) is 0 Å². The summed E-state index contributed by atoms with van der Waals surface area (Å²) in [6.45, 7) is 3.64. The fraction of sp³-hybridized carbons (Fsp3) is 0.235. The standard InChI is InChI=1S/C17H14ClF3N4O2/c1-9-6-12(7-10(2)15(9)27-3)25-16(26)24(22-23-25)11-4-5-13(14(18)8-11)17(19,20)21/h4-8H,1-3H3. The number of hydrogen-bond acceptors (Lipinski definition) is 4. The van der Waals surface area contributed by atoms with Crippen LogP contribution in [0.25, 0.3) is 11.4 Å². The fourth-order valence-corrected chi connectivity index (χ4v) is 3.09. The maximum Gasteiger partial charge on any atom is 0.417 e. The Morgan fingerprint density at radius 1 is 1.00 bits per heavy atom. The summed E-state index contributed by atoms with van der Waals surface area (Å²) in [6, 6.07) is 6.33. The van der Waals surface area contributed by atoms with Gasteiger partial charge in [-0.2, -0.15) is 22.5 Å². The van der Waals surface area contributed by atoms with Crippen molar-refractivity contribution < 1.29 is 17.9 Å². The van der Waals surface area contributed by atoms with Crippen LogP contribution < -0.4 is 10.4 Å². The van der Waals surface area contributed by atoms with E-state index >= 15 is 0 Å². The number of alkyl halides is 3. The van der Waals surface area contributed by atoms with E-state index < -0.39 is 22.5 Å². The summed E-state index contributed by atoms with van der Waals surface area (Å²) >= 11 is 5.71. The van der Waals surface area contributed by atoms with E-state index in [9.17, 15) is 18.0 Å². The van der Waals surface area contributed by atoms with Crippen molar-refractivity contribution >= 4 is 11.6 Å². The van der Waals surface area contributed by atoms with Crippen LogP contribution in [-0.4, -0.2) is 26.9 Å². The molecule has 0 saturated carbocycles. The molecule has 2 aromatic carbocycles. The average Bonchev–Trinajstić information content (AvgIpc) is 2.94. The second kappa shape index (κ2) is 6.73. The minimum atomic E-state index is -4.59. The third kappa shape index (κ3) is 3.42. The predicted molar refractivity (Wildman–Crippen MR) is 93.0 cm³/mol. The quantitative estimate of drug-likeness (QED) is 0.674. The summed E-state index contributed by atoms with van der Waals surface area (Å²) in [7, 11) is 1.55. The molecule has 0 atom stereocenters. The van der Waals surface area contributed by atoms with Crippen molar-refractivity contribution in [3.05, 3.63) is 62.5 Å². The molecule has 0 aliphatic heterocycles. The molecule has 0 aliphatic carbocycles. The van der Waals surface area contributed by atoms with Crippen LogP contribution in [0.4, 0.5) is 13.2 Å². The molecule has 10 heteroatoms. The summed E-state index contributed by atoms with van der Waals surface area (Å²) in [4.78, 5) is 12.6. The minimum Gasteiger partial charge on any atom is -0.496 e. The Labute approximate surface area is 156 Å². The molecule has 0 saturated heterocycles. The van der Waals surface area contributed by atoms with Gasteiger partial charge in [-0.1, -0.05) is 11.6 Å². The van der Waals surface area contributed by atoms with Crippen molar-refractivity contribution in [2.45, 2.75) is 20.0 Å². The first kappa shape index (κ1) is 19.0. The van der Waals surface area contributed by atoms with Crippen LogP contribution in [0.3, 0.4) is 0 Å². The first-order chi connectivity index (χ1) is 12.6. The van der Waals surface area contributed by atoms with Gasteiger partial charge in [0.05, 0.1) is 29.1 Å². The molecule has 1 heterocycles. The number of aromatic nitrogens is 4. The summed E-state index contributed by atoms with van der Waals surface area (Å²) in [5.41, 5.74) is 0.494. The van der Waals surface area contributed by atoms with Gasteiger partial charge in [0.15, 0.2) is 0 Å². The normalized spacial score (nSPS) is 11.7. The van der Waals surface area contributed by atoms with Gasteiger partial charge in [0, 0.05) is 0 Å². The third-order valence-electron chi connectivity index (χ3n) is 3.98. The lowest BCUT2D eigenvalue weighted by Gasteiger charge is -2.10. The van der Waals surface area contributed by atoms with Gasteiger partial charge in [0.2, 0.25) is 0 Å². The lowest BCUT2D eigenvalue weighted by Crippen LogP contribution is -2.23. The number of benzene rings is 2. The van der Waals surface area contributed by atoms with E-state index in [1.165, 1.54) is 0 Å². The third-order valence-corrected chi connectivity index (χ3v) is 4.29. The Bertz CT molecular complexity index is 1050. The Kier molecular flexibility index (Phi) is 4.73. The number of methoxy groups -OCH3 is 1. The lowest BCUT2D eigenvalue weighted by atomic mass is 10.1. The van der Waals surface area contributed by atoms with E-state index in [0.29, 0.717) is 11.4 Å². The second-order valence-corrected chi connectivity index (χ2v) is 6.27. The van der Waals surface area contributed by atoms with Crippen molar-refractivity contribution in [2.75, 3.05) is 7.11 Å². The molecule has 1 aromatic heterocycles. The topological polar surface area (TPSA) is 61.9 Å². The zero-order chi connectivity index (χ0) is 19.9. The highest BCUT2D eigenvalue weighted by molar-refractivity contribution is 6.31. The van der Waals surface area contributed by atoms with Gasteiger partial charge in [-0.3, -0.25) is 0 Å². The molecule has 3 aromatic rings. The van der Waals surface area contributed by atoms with Gasteiger partial charge in [-0.05, 0) is 65.7 Å². The van der Waals surface area contributed by atoms with Gasteiger partial charge in [-0.15, -0.1) is 0 Å². The van der Waals surface area contributed by atoms with Crippen molar-refractivity contribution in [1.82, 2.24) is 19.8 Å². The molecular formula is C17H14ClF3N4O2. The molecule has 6 nitrogen and oxygen atoms in total. The van der Waals surface area contributed by atoms with Gasteiger partial charge < -0.3 is 4.74 Å².